The molecule has 2 aromatic carbocycles. The van der Waals surface area contributed by atoms with Crippen LogP contribution in [-0.2, 0) is 12.8 Å². The number of pyridine rings is 1. The number of aromatic nitrogens is 1. The van der Waals surface area contributed by atoms with Gasteiger partial charge in [-0.2, -0.15) is 5.26 Å². The van der Waals surface area contributed by atoms with Gasteiger partial charge in [0.05, 0.1) is 5.69 Å². The van der Waals surface area contributed by atoms with E-state index >= 15 is 0 Å². The molecule has 1 aliphatic carbocycles. The van der Waals surface area contributed by atoms with Crippen molar-refractivity contribution in [2.45, 2.75) is 12.8 Å². The average Bonchev–Trinajstić information content (AvgIpc) is 2.61. The van der Waals surface area contributed by atoms with Crippen LogP contribution in [0.1, 0.15) is 16.7 Å². The number of nitrogens with zero attached hydrogens (tertiary/aromatic N) is 1. The molecule has 25 heavy (non-hydrogen) atoms. The van der Waals surface area contributed by atoms with Crippen molar-refractivity contribution in [2.75, 3.05) is 0 Å². The molecule has 0 amide bonds. The van der Waals surface area contributed by atoms with Crippen molar-refractivity contribution in [2.24, 2.45) is 0 Å². The lowest BCUT2D eigenvalue weighted by molar-refractivity contribution is 0.923. The first-order chi connectivity index (χ1) is 12.1. The number of benzene rings is 2. The number of H-pyrrole nitrogens is 1. The highest BCUT2D eigenvalue weighted by molar-refractivity contribution is 6.36. The third kappa shape index (κ3) is 2.55. The van der Waals surface area contributed by atoms with Crippen LogP contribution < -0.4 is 5.56 Å². The van der Waals surface area contributed by atoms with Gasteiger partial charge in [0.15, 0.2) is 0 Å². The minimum atomic E-state index is -0.404. The van der Waals surface area contributed by atoms with E-state index in [1.165, 1.54) is 5.56 Å². The highest BCUT2D eigenvalue weighted by Gasteiger charge is 2.25. The fraction of sp³-hybridized carbons (Fsp3) is 0.100. The lowest BCUT2D eigenvalue weighted by atomic mass is 9.83. The van der Waals surface area contributed by atoms with Crippen LogP contribution in [0.4, 0.5) is 0 Å². The minimum Gasteiger partial charge on any atom is -0.320 e. The average molecular weight is 367 g/mol. The molecule has 4 rings (SSSR count). The van der Waals surface area contributed by atoms with Crippen molar-refractivity contribution < 1.29 is 0 Å². The van der Waals surface area contributed by atoms with Crippen LogP contribution in [0.2, 0.25) is 10.0 Å². The molecule has 0 saturated carbocycles. The molecule has 122 valence electrons. The van der Waals surface area contributed by atoms with E-state index in [-0.39, 0.29) is 5.56 Å². The molecule has 1 heterocycles. The molecule has 1 N–H and O–H groups in total. The maximum Gasteiger partial charge on any atom is 0.266 e. The van der Waals surface area contributed by atoms with E-state index in [1.54, 1.807) is 18.2 Å². The monoisotopic (exact) mass is 366 g/mol. The highest BCUT2D eigenvalue weighted by atomic mass is 35.5. The zero-order chi connectivity index (χ0) is 17.6. The van der Waals surface area contributed by atoms with Gasteiger partial charge in [0, 0.05) is 26.7 Å². The van der Waals surface area contributed by atoms with Crippen LogP contribution in [0, 0.1) is 11.3 Å². The fourth-order valence-corrected chi connectivity index (χ4v) is 3.96. The maximum atomic E-state index is 12.6. The van der Waals surface area contributed by atoms with Gasteiger partial charge in [0.25, 0.3) is 5.56 Å². The fourth-order valence-electron chi connectivity index (χ4n) is 3.46. The van der Waals surface area contributed by atoms with Crippen molar-refractivity contribution in [1.29, 1.82) is 5.26 Å². The summed E-state index contributed by atoms with van der Waals surface area (Å²) in [7, 11) is 0. The van der Waals surface area contributed by atoms with E-state index in [4.69, 9.17) is 23.2 Å². The van der Waals surface area contributed by atoms with Gasteiger partial charge in [-0.05, 0) is 36.1 Å². The van der Waals surface area contributed by atoms with Gasteiger partial charge in [0.1, 0.15) is 11.6 Å². The number of fused-ring (bicyclic) bond motifs is 3. The molecule has 0 unspecified atom stereocenters. The summed E-state index contributed by atoms with van der Waals surface area (Å²) in [4.78, 5) is 15.5. The normalized spacial score (nSPS) is 12.2. The minimum absolute atomic E-state index is 0.0855. The molecular weight excluding hydrogens is 355 g/mol. The van der Waals surface area contributed by atoms with Gasteiger partial charge in [0.2, 0.25) is 0 Å². The summed E-state index contributed by atoms with van der Waals surface area (Å²) < 4.78 is 0. The first kappa shape index (κ1) is 16.0. The van der Waals surface area contributed by atoms with Crippen molar-refractivity contribution in [1.82, 2.24) is 4.98 Å². The highest BCUT2D eigenvalue weighted by Crippen LogP contribution is 2.40. The Bertz CT molecular complexity index is 1110. The van der Waals surface area contributed by atoms with Crippen molar-refractivity contribution in [3.8, 4) is 28.5 Å². The second kappa shape index (κ2) is 6.07. The van der Waals surface area contributed by atoms with Gasteiger partial charge in [-0.1, -0.05) is 53.5 Å². The number of hydrogen-bond donors (Lipinski definition) is 1. The summed E-state index contributed by atoms with van der Waals surface area (Å²) in [5.74, 6) is 0. The quantitative estimate of drug-likeness (QED) is 0.659. The molecule has 0 bridgehead atoms. The molecule has 0 saturated heterocycles. The maximum absolute atomic E-state index is 12.6. The standard InChI is InChI=1S/C20H12Cl2N2O/c21-12-6-8-14(17(22)9-12)18-15-7-5-11-3-1-2-4-13(11)19(15)24-20(25)16(18)10-23/h1-4,6,8-9H,5,7H2,(H,24,25). The molecule has 0 atom stereocenters. The number of halogens is 2. The van der Waals surface area contributed by atoms with E-state index < -0.39 is 5.56 Å². The Morgan fingerprint density at radius 1 is 1.04 bits per heavy atom. The van der Waals surface area contributed by atoms with Crippen molar-refractivity contribution >= 4 is 23.2 Å². The van der Waals surface area contributed by atoms with E-state index in [2.05, 4.69) is 11.1 Å². The van der Waals surface area contributed by atoms with Gasteiger partial charge in [-0.25, -0.2) is 0 Å². The van der Waals surface area contributed by atoms with E-state index in [1.807, 2.05) is 24.3 Å². The van der Waals surface area contributed by atoms with E-state index in [0.717, 1.165) is 29.7 Å². The largest absolute Gasteiger partial charge is 0.320 e. The van der Waals surface area contributed by atoms with Crippen molar-refractivity contribution in [3.05, 3.63) is 79.6 Å². The topological polar surface area (TPSA) is 56.6 Å². The number of hydrogen-bond acceptors (Lipinski definition) is 2. The van der Waals surface area contributed by atoms with Gasteiger partial charge in [-0.15, -0.1) is 0 Å². The number of rotatable bonds is 1. The van der Waals surface area contributed by atoms with E-state index in [0.29, 0.717) is 21.2 Å². The molecule has 3 aromatic rings. The molecular formula is C20H12Cl2N2O. The summed E-state index contributed by atoms with van der Waals surface area (Å²) in [5, 5.41) is 10.5. The third-order valence-corrected chi connectivity index (χ3v) is 5.11. The van der Waals surface area contributed by atoms with Crippen LogP contribution in [0.15, 0.2) is 47.3 Å². The molecule has 1 aliphatic rings. The third-order valence-electron chi connectivity index (χ3n) is 4.56. The Hall–Kier alpha value is -2.54. The number of nitrogens with one attached hydrogen (secondary N) is 1. The lowest BCUT2D eigenvalue weighted by Gasteiger charge is -2.23. The van der Waals surface area contributed by atoms with E-state index in [9.17, 15) is 10.1 Å². The predicted molar refractivity (Wildman–Crippen MR) is 100 cm³/mol. The summed E-state index contributed by atoms with van der Waals surface area (Å²) in [6, 6.07) is 15.1. The molecule has 5 heteroatoms. The molecule has 3 nitrogen and oxygen atoms in total. The summed E-state index contributed by atoms with van der Waals surface area (Å²) in [5.41, 5.74) is 4.84. The molecule has 1 aromatic heterocycles. The van der Waals surface area contributed by atoms with Gasteiger partial charge < -0.3 is 4.98 Å². The van der Waals surface area contributed by atoms with Crippen LogP contribution >= 0.6 is 23.2 Å². The lowest BCUT2D eigenvalue weighted by Crippen LogP contribution is -2.19. The molecule has 0 radical (unpaired) electrons. The van der Waals surface area contributed by atoms with Crippen LogP contribution in [0.5, 0.6) is 0 Å². The number of aromatic amines is 1. The molecule has 0 aliphatic heterocycles. The zero-order valence-electron chi connectivity index (χ0n) is 13.1. The first-order valence-electron chi connectivity index (χ1n) is 7.83. The second-order valence-electron chi connectivity index (χ2n) is 5.95. The van der Waals surface area contributed by atoms with Gasteiger partial charge >= 0.3 is 0 Å². The zero-order valence-corrected chi connectivity index (χ0v) is 14.6. The summed E-state index contributed by atoms with van der Waals surface area (Å²) in [6.45, 7) is 0. The Morgan fingerprint density at radius 2 is 1.84 bits per heavy atom. The Balaban J connectivity index is 2.11. The Kier molecular flexibility index (Phi) is 3.88. The Labute approximate surface area is 154 Å². The van der Waals surface area contributed by atoms with Crippen LogP contribution in [0.25, 0.3) is 22.4 Å². The van der Waals surface area contributed by atoms with Crippen LogP contribution in [0.3, 0.4) is 0 Å². The first-order valence-corrected chi connectivity index (χ1v) is 8.58. The van der Waals surface area contributed by atoms with Crippen LogP contribution in [-0.4, -0.2) is 4.98 Å². The summed E-state index contributed by atoms with van der Waals surface area (Å²) >= 11 is 12.4. The Morgan fingerprint density at radius 3 is 2.60 bits per heavy atom. The number of aryl methyl sites for hydroxylation is 1. The van der Waals surface area contributed by atoms with Crippen molar-refractivity contribution in [3.63, 3.8) is 0 Å². The second-order valence-corrected chi connectivity index (χ2v) is 6.79. The van der Waals surface area contributed by atoms with Gasteiger partial charge in [-0.3, -0.25) is 4.79 Å². The predicted octanol–water partition coefficient (Wildman–Crippen LogP) is 4.99. The SMILES string of the molecule is N#Cc1c(-c2ccc(Cl)cc2Cl)c2c([nH]c1=O)-c1ccccc1CC2. The smallest absolute Gasteiger partial charge is 0.266 e. The summed E-state index contributed by atoms with van der Waals surface area (Å²) in [6.07, 6.45) is 1.57. The number of nitriles is 1. The molecule has 0 fully saturated rings. The molecule has 0 spiro atoms.